The van der Waals surface area contributed by atoms with Crippen molar-refractivity contribution in [2.75, 3.05) is 32.0 Å². The van der Waals surface area contributed by atoms with Crippen LogP contribution in [0.3, 0.4) is 0 Å². The molecule has 0 saturated carbocycles. The number of aliphatic hydroxyl groups excluding tert-OH is 1. The van der Waals surface area contributed by atoms with Crippen molar-refractivity contribution in [2.45, 2.75) is 52.4 Å². The summed E-state index contributed by atoms with van der Waals surface area (Å²) in [5, 5.41) is 9.19. The summed E-state index contributed by atoms with van der Waals surface area (Å²) in [6, 6.07) is 0. The number of likely N-dealkylation sites (tertiary alicyclic amines) is 1. The van der Waals surface area contributed by atoms with Gasteiger partial charge in [-0.05, 0) is 55.9 Å². The summed E-state index contributed by atoms with van der Waals surface area (Å²) in [5.74, 6) is 1.55. The summed E-state index contributed by atoms with van der Waals surface area (Å²) in [6.45, 7) is 8.46. The number of rotatable bonds is 8. The Balaban J connectivity index is 2.50. The third-order valence-corrected chi connectivity index (χ3v) is 5.09. The lowest BCUT2D eigenvalue weighted by atomic mass is 9.80. The minimum Gasteiger partial charge on any atom is -0.396 e. The molecule has 0 spiro atoms. The second-order valence-corrected chi connectivity index (χ2v) is 6.38. The van der Waals surface area contributed by atoms with Gasteiger partial charge in [-0.25, -0.2) is 0 Å². The highest BCUT2D eigenvalue weighted by atomic mass is 32.1. The molecule has 3 heteroatoms. The zero-order valence-corrected chi connectivity index (χ0v) is 13.1. The normalized spacial score (nSPS) is 19.3. The van der Waals surface area contributed by atoms with Crippen molar-refractivity contribution in [1.29, 1.82) is 0 Å². The Kier molecular flexibility index (Phi) is 7.66. The van der Waals surface area contributed by atoms with E-state index in [2.05, 4.69) is 31.4 Å². The maximum absolute atomic E-state index is 9.19. The summed E-state index contributed by atoms with van der Waals surface area (Å²) < 4.78 is 0. The van der Waals surface area contributed by atoms with Crippen LogP contribution in [0.15, 0.2) is 0 Å². The number of nitrogens with zero attached hydrogens (tertiary/aromatic N) is 1. The summed E-state index contributed by atoms with van der Waals surface area (Å²) in [5.41, 5.74) is 0.415. The van der Waals surface area contributed by atoms with Crippen LogP contribution in [0.2, 0.25) is 0 Å². The Bertz CT molecular complexity index is 209. The fourth-order valence-electron chi connectivity index (χ4n) is 3.35. The average Bonchev–Trinajstić information content (AvgIpc) is 2.40. The Morgan fingerprint density at radius 3 is 2.11 bits per heavy atom. The standard InChI is InChI=1S/C15H31NOS/c1-3-7-15(13-18,8-4-2)12-16-9-5-14(11-17)6-10-16/h14,17-18H,3-13H2,1-2H3. The maximum Gasteiger partial charge on any atom is 0.0460 e. The van der Waals surface area contributed by atoms with Crippen molar-refractivity contribution in [2.24, 2.45) is 11.3 Å². The molecule has 18 heavy (non-hydrogen) atoms. The van der Waals surface area contributed by atoms with Crippen molar-refractivity contribution >= 4 is 12.6 Å². The summed E-state index contributed by atoms with van der Waals surface area (Å²) in [6.07, 6.45) is 7.44. The van der Waals surface area contributed by atoms with E-state index in [1.54, 1.807) is 0 Å². The first-order chi connectivity index (χ1) is 8.69. The molecule has 1 aliphatic rings. The van der Waals surface area contributed by atoms with Crippen LogP contribution >= 0.6 is 12.6 Å². The minimum atomic E-state index is 0.371. The predicted octanol–water partition coefficient (Wildman–Crippen LogP) is 3.21. The van der Waals surface area contributed by atoms with E-state index in [0.29, 0.717) is 17.9 Å². The van der Waals surface area contributed by atoms with Gasteiger partial charge in [0.2, 0.25) is 0 Å². The van der Waals surface area contributed by atoms with Crippen molar-refractivity contribution < 1.29 is 5.11 Å². The van der Waals surface area contributed by atoms with Crippen molar-refractivity contribution in [1.82, 2.24) is 4.90 Å². The third-order valence-electron chi connectivity index (χ3n) is 4.42. The molecule has 0 atom stereocenters. The topological polar surface area (TPSA) is 23.5 Å². The molecule has 1 rings (SSSR count). The minimum absolute atomic E-state index is 0.371. The van der Waals surface area contributed by atoms with E-state index in [4.69, 9.17) is 0 Å². The van der Waals surface area contributed by atoms with Gasteiger partial charge in [-0.1, -0.05) is 26.7 Å². The first-order valence-corrected chi connectivity index (χ1v) is 8.27. The molecule has 0 bridgehead atoms. The molecule has 0 radical (unpaired) electrons. The molecule has 1 aliphatic heterocycles. The van der Waals surface area contributed by atoms with E-state index in [1.807, 2.05) is 0 Å². The molecule has 0 aliphatic carbocycles. The molecule has 108 valence electrons. The monoisotopic (exact) mass is 273 g/mol. The van der Waals surface area contributed by atoms with E-state index in [-0.39, 0.29) is 0 Å². The van der Waals surface area contributed by atoms with Crippen LogP contribution < -0.4 is 0 Å². The Labute approximate surface area is 119 Å². The Morgan fingerprint density at radius 1 is 1.17 bits per heavy atom. The number of thiol groups is 1. The van der Waals surface area contributed by atoms with Gasteiger partial charge in [0, 0.05) is 13.2 Å². The number of hydrogen-bond donors (Lipinski definition) is 2. The zero-order valence-electron chi connectivity index (χ0n) is 12.2. The van der Waals surface area contributed by atoms with Gasteiger partial charge in [-0.3, -0.25) is 0 Å². The molecule has 1 heterocycles. The molecular formula is C15H31NOS. The number of aliphatic hydroxyl groups is 1. The van der Waals surface area contributed by atoms with Crippen LogP contribution in [0.4, 0.5) is 0 Å². The SMILES string of the molecule is CCCC(CS)(CCC)CN1CCC(CO)CC1. The van der Waals surface area contributed by atoms with Crippen LogP contribution in [0.5, 0.6) is 0 Å². The summed E-state index contributed by atoms with van der Waals surface area (Å²) in [7, 11) is 0. The number of hydrogen-bond acceptors (Lipinski definition) is 3. The summed E-state index contributed by atoms with van der Waals surface area (Å²) in [4.78, 5) is 2.60. The second kappa shape index (κ2) is 8.44. The molecular weight excluding hydrogens is 242 g/mol. The van der Waals surface area contributed by atoms with Gasteiger partial charge in [0.05, 0.1) is 0 Å². The molecule has 0 aromatic carbocycles. The lowest BCUT2D eigenvalue weighted by molar-refractivity contribution is 0.0883. The van der Waals surface area contributed by atoms with Crippen LogP contribution in [-0.4, -0.2) is 42.0 Å². The third kappa shape index (κ3) is 4.75. The van der Waals surface area contributed by atoms with E-state index in [9.17, 15) is 5.11 Å². The zero-order chi connectivity index (χ0) is 13.4. The molecule has 1 N–H and O–H groups in total. The quantitative estimate of drug-likeness (QED) is 0.663. The van der Waals surface area contributed by atoms with Gasteiger partial charge in [-0.15, -0.1) is 0 Å². The fraction of sp³-hybridized carbons (Fsp3) is 1.00. The van der Waals surface area contributed by atoms with E-state index < -0.39 is 0 Å². The first kappa shape index (κ1) is 16.3. The largest absolute Gasteiger partial charge is 0.396 e. The van der Waals surface area contributed by atoms with Gasteiger partial charge >= 0.3 is 0 Å². The van der Waals surface area contributed by atoms with Crippen molar-refractivity contribution in [3.8, 4) is 0 Å². The van der Waals surface area contributed by atoms with Crippen molar-refractivity contribution in [3.63, 3.8) is 0 Å². The fourth-order valence-corrected chi connectivity index (χ4v) is 3.77. The van der Waals surface area contributed by atoms with Crippen LogP contribution in [0.25, 0.3) is 0 Å². The van der Waals surface area contributed by atoms with Gasteiger partial charge in [0.15, 0.2) is 0 Å². The van der Waals surface area contributed by atoms with E-state index in [1.165, 1.54) is 32.2 Å². The van der Waals surface area contributed by atoms with E-state index >= 15 is 0 Å². The molecule has 0 aromatic heterocycles. The Morgan fingerprint density at radius 2 is 1.72 bits per heavy atom. The van der Waals surface area contributed by atoms with Crippen LogP contribution in [0, 0.1) is 11.3 Å². The van der Waals surface area contributed by atoms with Crippen LogP contribution in [0.1, 0.15) is 52.4 Å². The molecule has 1 saturated heterocycles. The second-order valence-electron chi connectivity index (χ2n) is 6.06. The van der Waals surface area contributed by atoms with Gasteiger partial charge in [-0.2, -0.15) is 12.6 Å². The Hall–Kier alpha value is 0.270. The number of piperidine rings is 1. The summed E-state index contributed by atoms with van der Waals surface area (Å²) >= 11 is 4.64. The van der Waals surface area contributed by atoms with Crippen molar-refractivity contribution in [3.05, 3.63) is 0 Å². The first-order valence-electron chi connectivity index (χ1n) is 7.63. The van der Waals surface area contributed by atoms with E-state index in [0.717, 1.165) is 31.7 Å². The molecule has 2 nitrogen and oxygen atoms in total. The van der Waals surface area contributed by atoms with Crippen LogP contribution in [-0.2, 0) is 0 Å². The average molecular weight is 273 g/mol. The van der Waals surface area contributed by atoms with Gasteiger partial charge in [0.1, 0.15) is 0 Å². The predicted molar refractivity (Wildman–Crippen MR) is 82.4 cm³/mol. The highest BCUT2D eigenvalue weighted by Gasteiger charge is 2.30. The maximum atomic E-state index is 9.19. The molecule has 1 fully saturated rings. The lowest BCUT2D eigenvalue weighted by Gasteiger charge is -2.40. The highest BCUT2D eigenvalue weighted by Crippen LogP contribution is 2.33. The highest BCUT2D eigenvalue weighted by molar-refractivity contribution is 7.80. The van der Waals surface area contributed by atoms with Gasteiger partial charge in [0.25, 0.3) is 0 Å². The lowest BCUT2D eigenvalue weighted by Crippen LogP contribution is -2.43. The van der Waals surface area contributed by atoms with Gasteiger partial charge < -0.3 is 10.0 Å². The smallest absolute Gasteiger partial charge is 0.0460 e. The molecule has 0 unspecified atom stereocenters. The molecule has 0 aromatic rings. The molecule has 0 amide bonds.